The van der Waals surface area contributed by atoms with Gasteiger partial charge in [-0.2, -0.15) is 5.26 Å². The number of aryl methyl sites for hydroxylation is 1. The van der Waals surface area contributed by atoms with E-state index in [9.17, 15) is 9.59 Å². The van der Waals surface area contributed by atoms with Crippen LogP contribution in [-0.4, -0.2) is 75.8 Å². The number of nitrogens with zero attached hydrogens (tertiary/aromatic N) is 6. The second-order valence-electron chi connectivity index (χ2n) is 7.72. The van der Waals surface area contributed by atoms with E-state index >= 15 is 0 Å². The average molecular weight is 441 g/mol. The molecule has 4 rings (SSSR count). The molecule has 0 aliphatic carbocycles. The Bertz CT molecular complexity index is 1020. The number of aromatic nitrogens is 3. The number of carbonyl (C=O) groups excluding carboxylic acids is 2. The largest absolute Gasteiger partial charge is 0.353 e. The van der Waals surface area contributed by atoms with Crippen molar-refractivity contribution in [3.63, 3.8) is 0 Å². The van der Waals surface area contributed by atoms with Gasteiger partial charge in [-0.15, -0.1) is 11.3 Å². The van der Waals surface area contributed by atoms with Crippen LogP contribution in [-0.2, 0) is 4.79 Å². The standard InChI is InChI=1S/C20H24N8O2S/c1-13-9-16(25-18(23-13)14-3-2-6-27(10-14)7-4-21)26-20-24-15(12-31-20)19(30)28-8-5-22-17(29)11-28/h9,12,14H,2-3,5-8,10-11H2,1H3,(H,22,29)(H,23,24,25,26)/t14-/m0/s1. The number of piperazine rings is 1. The molecule has 11 heteroatoms. The molecule has 2 N–H and O–H groups in total. The Morgan fingerprint density at radius 2 is 2.26 bits per heavy atom. The molecule has 0 saturated carbocycles. The molecule has 2 amide bonds. The first-order chi connectivity index (χ1) is 15.0. The number of nitrogens with one attached hydrogen (secondary N) is 2. The topological polar surface area (TPSA) is 127 Å². The maximum Gasteiger partial charge on any atom is 0.273 e. The highest BCUT2D eigenvalue weighted by atomic mass is 32.1. The molecule has 2 fully saturated rings. The Balaban J connectivity index is 1.46. The fourth-order valence-electron chi connectivity index (χ4n) is 3.86. The number of amides is 2. The molecule has 0 bridgehead atoms. The molecule has 2 saturated heterocycles. The van der Waals surface area contributed by atoms with Crippen molar-refractivity contribution in [1.82, 2.24) is 30.1 Å². The first-order valence-electron chi connectivity index (χ1n) is 10.2. The highest BCUT2D eigenvalue weighted by Gasteiger charge is 2.25. The molecule has 31 heavy (non-hydrogen) atoms. The van der Waals surface area contributed by atoms with Crippen LogP contribution >= 0.6 is 11.3 Å². The summed E-state index contributed by atoms with van der Waals surface area (Å²) in [6, 6.07) is 4.06. The summed E-state index contributed by atoms with van der Waals surface area (Å²) < 4.78 is 0. The average Bonchev–Trinajstić information content (AvgIpc) is 3.21. The zero-order chi connectivity index (χ0) is 21.8. The minimum Gasteiger partial charge on any atom is -0.353 e. The van der Waals surface area contributed by atoms with Gasteiger partial charge in [-0.1, -0.05) is 0 Å². The van der Waals surface area contributed by atoms with Crippen molar-refractivity contribution in [2.24, 2.45) is 0 Å². The maximum atomic E-state index is 12.6. The molecule has 1 atom stereocenters. The van der Waals surface area contributed by atoms with Crippen LogP contribution in [0.3, 0.4) is 0 Å². The second-order valence-corrected chi connectivity index (χ2v) is 8.58. The van der Waals surface area contributed by atoms with E-state index in [1.54, 1.807) is 5.38 Å². The van der Waals surface area contributed by atoms with Gasteiger partial charge < -0.3 is 15.5 Å². The van der Waals surface area contributed by atoms with Gasteiger partial charge in [-0.05, 0) is 26.3 Å². The van der Waals surface area contributed by atoms with Gasteiger partial charge in [0.25, 0.3) is 5.91 Å². The van der Waals surface area contributed by atoms with Gasteiger partial charge in [0.2, 0.25) is 5.91 Å². The first-order valence-corrected chi connectivity index (χ1v) is 11.1. The summed E-state index contributed by atoms with van der Waals surface area (Å²) in [6.45, 7) is 5.02. The molecule has 162 valence electrons. The van der Waals surface area contributed by atoms with Gasteiger partial charge in [0.15, 0.2) is 5.13 Å². The highest BCUT2D eigenvalue weighted by Crippen LogP contribution is 2.27. The Hall–Kier alpha value is -3.10. The van der Waals surface area contributed by atoms with E-state index in [1.807, 2.05) is 13.0 Å². The van der Waals surface area contributed by atoms with Crippen LogP contribution in [0.5, 0.6) is 0 Å². The molecule has 0 radical (unpaired) electrons. The zero-order valence-electron chi connectivity index (χ0n) is 17.3. The number of piperidine rings is 1. The van der Waals surface area contributed by atoms with Gasteiger partial charge in [-0.25, -0.2) is 15.0 Å². The van der Waals surface area contributed by atoms with Crippen molar-refractivity contribution in [2.45, 2.75) is 25.7 Å². The number of carbonyl (C=O) groups is 2. The number of likely N-dealkylation sites (tertiary alicyclic amines) is 1. The SMILES string of the molecule is Cc1cc(Nc2nc(C(=O)N3CCNC(=O)C3)cs2)nc([C@H]2CCCN(CC#N)C2)n1. The number of rotatable bonds is 5. The smallest absolute Gasteiger partial charge is 0.273 e. The van der Waals surface area contributed by atoms with E-state index in [2.05, 4.69) is 36.6 Å². The van der Waals surface area contributed by atoms with Gasteiger partial charge >= 0.3 is 0 Å². The van der Waals surface area contributed by atoms with Crippen molar-refractivity contribution in [1.29, 1.82) is 5.26 Å². The second kappa shape index (κ2) is 9.36. The van der Waals surface area contributed by atoms with Crippen LogP contribution in [0.1, 0.15) is 40.8 Å². The third kappa shape index (κ3) is 5.15. The van der Waals surface area contributed by atoms with E-state index in [-0.39, 0.29) is 24.3 Å². The van der Waals surface area contributed by atoms with Crippen molar-refractivity contribution < 1.29 is 9.59 Å². The van der Waals surface area contributed by atoms with Crippen LogP contribution in [0.4, 0.5) is 10.9 Å². The Kier molecular flexibility index (Phi) is 6.39. The van der Waals surface area contributed by atoms with E-state index < -0.39 is 0 Å². The molecule has 2 aliphatic heterocycles. The van der Waals surface area contributed by atoms with Gasteiger partial charge in [0.05, 0.1) is 19.2 Å². The van der Waals surface area contributed by atoms with Crippen LogP contribution in [0.25, 0.3) is 0 Å². The molecule has 4 heterocycles. The number of thiazole rings is 1. The number of hydrogen-bond donors (Lipinski definition) is 2. The Labute approximate surface area is 184 Å². The quantitative estimate of drug-likeness (QED) is 0.665. The van der Waals surface area contributed by atoms with Gasteiger partial charge in [0.1, 0.15) is 17.3 Å². The third-order valence-electron chi connectivity index (χ3n) is 5.32. The summed E-state index contributed by atoms with van der Waals surface area (Å²) in [6.07, 6.45) is 2.00. The normalized spacial score (nSPS) is 19.5. The predicted octanol–water partition coefficient (Wildman–Crippen LogP) is 1.26. The van der Waals surface area contributed by atoms with E-state index in [0.29, 0.717) is 36.3 Å². The molecule has 0 unspecified atom stereocenters. The number of anilines is 2. The molecular formula is C20H24N8O2S. The van der Waals surface area contributed by atoms with E-state index in [1.165, 1.54) is 16.2 Å². The zero-order valence-corrected chi connectivity index (χ0v) is 18.1. The molecular weight excluding hydrogens is 416 g/mol. The lowest BCUT2D eigenvalue weighted by Gasteiger charge is -2.30. The summed E-state index contributed by atoms with van der Waals surface area (Å²) in [4.78, 5) is 41.5. The van der Waals surface area contributed by atoms with Crippen LogP contribution in [0.2, 0.25) is 0 Å². The predicted molar refractivity (Wildman–Crippen MR) is 115 cm³/mol. The molecule has 10 nitrogen and oxygen atoms in total. The van der Waals surface area contributed by atoms with E-state index in [4.69, 9.17) is 5.26 Å². The number of nitriles is 1. The highest BCUT2D eigenvalue weighted by molar-refractivity contribution is 7.14. The summed E-state index contributed by atoms with van der Waals surface area (Å²) in [7, 11) is 0. The molecule has 2 aliphatic rings. The molecule has 0 spiro atoms. The number of hydrogen-bond acceptors (Lipinski definition) is 9. The summed E-state index contributed by atoms with van der Waals surface area (Å²) >= 11 is 1.32. The maximum absolute atomic E-state index is 12.6. The van der Waals surface area contributed by atoms with Crippen molar-refractivity contribution in [3.8, 4) is 6.07 Å². The van der Waals surface area contributed by atoms with Crippen LogP contribution < -0.4 is 10.6 Å². The van der Waals surface area contributed by atoms with Crippen LogP contribution in [0, 0.1) is 18.3 Å². The van der Waals surface area contributed by atoms with Crippen molar-refractivity contribution >= 4 is 34.1 Å². The first kappa shape index (κ1) is 21.1. The Morgan fingerprint density at radius 1 is 1.39 bits per heavy atom. The lowest BCUT2D eigenvalue weighted by Crippen LogP contribution is -2.50. The lowest BCUT2D eigenvalue weighted by molar-refractivity contribution is -0.123. The lowest BCUT2D eigenvalue weighted by atomic mass is 9.97. The van der Waals surface area contributed by atoms with Crippen LogP contribution in [0.15, 0.2) is 11.4 Å². The van der Waals surface area contributed by atoms with Crippen molar-refractivity contribution in [3.05, 3.63) is 28.7 Å². The minimum atomic E-state index is -0.251. The monoisotopic (exact) mass is 440 g/mol. The fraction of sp³-hybridized carbons (Fsp3) is 0.500. The van der Waals surface area contributed by atoms with Gasteiger partial charge in [-0.3, -0.25) is 14.5 Å². The third-order valence-corrected chi connectivity index (χ3v) is 6.08. The summed E-state index contributed by atoms with van der Waals surface area (Å²) in [5, 5.41) is 17.1. The molecule has 0 aromatic carbocycles. The summed E-state index contributed by atoms with van der Waals surface area (Å²) in [5.41, 5.74) is 1.16. The van der Waals surface area contributed by atoms with Crippen molar-refractivity contribution in [2.75, 3.05) is 44.6 Å². The Morgan fingerprint density at radius 3 is 3.06 bits per heavy atom. The molecule has 2 aromatic rings. The minimum absolute atomic E-state index is 0.0534. The van der Waals surface area contributed by atoms with E-state index in [0.717, 1.165) is 37.4 Å². The summed E-state index contributed by atoms with van der Waals surface area (Å²) in [5.74, 6) is 1.16. The van der Waals surface area contributed by atoms with Gasteiger partial charge in [0, 0.05) is 42.7 Å². The fourth-order valence-corrected chi connectivity index (χ4v) is 4.55. The molecule has 2 aromatic heterocycles.